The molecule has 0 aliphatic carbocycles. The van der Waals surface area contributed by atoms with Crippen LogP contribution in [0.15, 0.2) is 48.8 Å². The Balaban J connectivity index is 2.00. The number of nitrogens with two attached hydrogens (primary N) is 1. The highest BCUT2D eigenvalue weighted by Crippen LogP contribution is 2.40. The van der Waals surface area contributed by atoms with Crippen molar-refractivity contribution in [1.82, 2.24) is 15.0 Å². The highest BCUT2D eigenvalue weighted by molar-refractivity contribution is 6.02. The number of rotatable bonds is 6. The van der Waals surface area contributed by atoms with Crippen LogP contribution in [0.4, 0.5) is 5.82 Å². The number of benzene rings is 2. The Morgan fingerprint density at radius 1 is 0.710 bits per heavy atom. The van der Waals surface area contributed by atoms with E-state index < -0.39 is 0 Å². The Kier molecular flexibility index (Phi) is 5.44. The van der Waals surface area contributed by atoms with Gasteiger partial charge >= 0.3 is 0 Å². The quantitative estimate of drug-likeness (QED) is 0.502. The summed E-state index contributed by atoms with van der Waals surface area (Å²) in [6.07, 6.45) is 1.40. The molecule has 0 saturated heterocycles. The molecule has 2 aromatic carbocycles. The van der Waals surface area contributed by atoms with Crippen molar-refractivity contribution < 1.29 is 18.9 Å². The second kappa shape index (κ2) is 8.35. The molecule has 4 rings (SSSR count). The fourth-order valence-electron chi connectivity index (χ4n) is 3.46. The molecule has 0 bridgehead atoms. The zero-order valence-corrected chi connectivity index (χ0v) is 17.7. The highest BCUT2D eigenvalue weighted by Gasteiger charge is 2.18. The molecule has 0 spiro atoms. The average molecular weight is 418 g/mol. The molecule has 158 valence electrons. The molecular weight excluding hydrogens is 396 g/mol. The van der Waals surface area contributed by atoms with E-state index in [-0.39, 0.29) is 0 Å². The van der Waals surface area contributed by atoms with Gasteiger partial charge in [0.2, 0.25) is 0 Å². The Morgan fingerprint density at radius 3 is 2.19 bits per heavy atom. The largest absolute Gasteiger partial charge is 0.497 e. The number of anilines is 1. The van der Waals surface area contributed by atoms with Gasteiger partial charge in [0.05, 0.1) is 39.5 Å². The van der Waals surface area contributed by atoms with E-state index >= 15 is 0 Å². The van der Waals surface area contributed by atoms with Crippen LogP contribution in [0.25, 0.3) is 33.4 Å². The zero-order chi connectivity index (χ0) is 22.0. The maximum Gasteiger partial charge on any atom is 0.165 e. The number of pyridine rings is 1. The SMILES string of the molecule is COc1ccc(-c2cc(-c3ccc(OC)c(OC)c3)nc3ncnc(N)c23)c(OC)c1. The second-order valence-electron chi connectivity index (χ2n) is 6.65. The Morgan fingerprint density at radius 2 is 1.48 bits per heavy atom. The number of aromatic nitrogens is 3. The molecule has 31 heavy (non-hydrogen) atoms. The minimum atomic E-state index is 0.337. The third kappa shape index (κ3) is 3.63. The predicted molar refractivity (Wildman–Crippen MR) is 119 cm³/mol. The molecule has 0 amide bonds. The van der Waals surface area contributed by atoms with Crippen molar-refractivity contribution >= 4 is 16.9 Å². The maximum atomic E-state index is 6.22. The summed E-state index contributed by atoms with van der Waals surface area (Å²) in [4.78, 5) is 13.2. The van der Waals surface area contributed by atoms with Crippen LogP contribution in [0.5, 0.6) is 23.0 Å². The van der Waals surface area contributed by atoms with Crippen LogP contribution in [0, 0.1) is 0 Å². The van der Waals surface area contributed by atoms with Gasteiger partial charge in [0, 0.05) is 22.8 Å². The van der Waals surface area contributed by atoms with Gasteiger partial charge in [-0.2, -0.15) is 0 Å². The molecule has 0 aliphatic heterocycles. The van der Waals surface area contributed by atoms with Gasteiger partial charge in [0.25, 0.3) is 0 Å². The van der Waals surface area contributed by atoms with E-state index in [0.717, 1.165) is 16.7 Å². The first-order valence-electron chi connectivity index (χ1n) is 9.45. The first-order chi connectivity index (χ1) is 15.1. The lowest BCUT2D eigenvalue weighted by Crippen LogP contribution is -2.00. The molecule has 0 radical (unpaired) electrons. The van der Waals surface area contributed by atoms with Crippen molar-refractivity contribution in [3.63, 3.8) is 0 Å². The highest BCUT2D eigenvalue weighted by atomic mass is 16.5. The minimum Gasteiger partial charge on any atom is -0.497 e. The molecular formula is C23H22N4O4. The van der Waals surface area contributed by atoms with Crippen LogP contribution in [0.3, 0.4) is 0 Å². The van der Waals surface area contributed by atoms with E-state index in [1.807, 2.05) is 42.5 Å². The molecule has 2 aromatic heterocycles. The smallest absolute Gasteiger partial charge is 0.165 e. The third-order valence-corrected chi connectivity index (χ3v) is 5.01. The van der Waals surface area contributed by atoms with Crippen molar-refractivity contribution in [3.05, 3.63) is 48.8 Å². The van der Waals surface area contributed by atoms with Gasteiger partial charge < -0.3 is 24.7 Å². The van der Waals surface area contributed by atoms with Gasteiger partial charge in [0.1, 0.15) is 23.6 Å². The molecule has 0 aliphatic rings. The van der Waals surface area contributed by atoms with Gasteiger partial charge in [-0.25, -0.2) is 15.0 Å². The number of fused-ring (bicyclic) bond motifs is 1. The van der Waals surface area contributed by atoms with E-state index in [0.29, 0.717) is 45.5 Å². The maximum absolute atomic E-state index is 6.22. The number of hydrogen-bond acceptors (Lipinski definition) is 8. The van der Waals surface area contributed by atoms with Crippen molar-refractivity contribution in [2.75, 3.05) is 34.2 Å². The monoisotopic (exact) mass is 418 g/mol. The lowest BCUT2D eigenvalue weighted by Gasteiger charge is -2.15. The van der Waals surface area contributed by atoms with Crippen LogP contribution < -0.4 is 24.7 Å². The first-order valence-corrected chi connectivity index (χ1v) is 9.45. The Bertz CT molecular complexity index is 1260. The topological polar surface area (TPSA) is 102 Å². The normalized spacial score (nSPS) is 10.7. The Hall–Kier alpha value is -4.07. The number of methoxy groups -OCH3 is 4. The van der Waals surface area contributed by atoms with Gasteiger partial charge in [-0.3, -0.25) is 0 Å². The van der Waals surface area contributed by atoms with Crippen molar-refractivity contribution in [2.45, 2.75) is 0 Å². The molecule has 0 saturated carbocycles. The van der Waals surface area contributed by atoms with E-state index in [1.54, 1.807) is 28.4 Å². The second-order valence-corrected chi connectivity index (χ2v) is 6.65. The van der Waals surface area contributed by atoms with E-state index in [9.17, 15) is 0 Å². The average Bonchev–Trinajstić information content (AvgIpc) is 2.82. The van der Waals surface area contributed by atoms with Crippen LogP contribution in [-0.4, -0.2) is 43.4 Å². The molecule has 8 nitrogen and oxygen atoms in total. The van der Waals surface area contributed by atoms with E-state index in [4.69, 9.17) is 29.7 Å². The van der Waals surface area contributed by atoms with Gasteiger partial charge in [-0.1, -0.05) is 0 Å². The summed E-state index contributed by atoms with van der Waals surface area (Å²) in [5.74, 6) is 2.89. The van der Waals surface area contributed by atoms with E-state index in [2.05, 4.69) is 9.97 Å². The molecule has 4 aromatic rings. The summed E-state index contributed by atoms with van der Waals surface area (Å²) in [6.45, 7) is 0. The van der Waals surface area contributed by atoms with E-state index in [1.165, 1.54) is 6.33 Å². The lowest BCUT2D eigenvalue weighted by atomic mass is 9.98. The number of nitrogens with zero attached hydrogens (tertiary/aromatic N) is 3. The van der Waals surface area contributed by atoms with Gasteiger partial charge in [-0.15, -0.1) is 0 Å². The van der Waals surface area contributed by atoms with Gasteiger partial charge in [0.15, 0.2) is 17.1 Å². The summed E-state index contributed by atoms with van der Waals surface area (Å²) in [7, 11) is 6.41. The van der Waals surface area contributed by atoms with Crippen molar-refractivity contribution in [2.24, 2.45) is 0 Å². The molecule has 8 heteroatoms. The summed E-state index contributed by atoms with van der Waals surface area (Å²) < 4.78 is 21.8. The molecule has 2 N–H and O–H groups in total. The summed E-state index contributed by atoms with van der Waals surface area (Å²) in [6, 6.07) is 13.1. The van der Waals surface area contributed by atoms with Crippen molar-refractivity contribution in [1.29, 1.82) is 0 Å². The third-order valence-electron chi connectivity index (χ3n) is 5.01. The fourth-order valence-corrected chi connectivity index (χ4v) is 3.46. The van der Waals surface area contributed by atoms with Crippen LogP contribution in [-0.2, 0) is 0 Å². The number of hydrogen-bond donors (Lipinski definition) is 1. The number of ether oxygens (including phenoxy) is 4. The zero-order valence-electron chi connectivity index (χ0n) is 17.7. The first kappa shape index (κ1) is 20.2. The van der Waals surface area contributed by atoms with Crippen molar-refractivity contribution in [3.8, 4) is 45.4 Å². The minimum absolute atomic E-state index is 0.337. The molecule has 0 fully saturated rings. The fraction of sp³-hybridized carbons (Fsp3) is 0.174. The predicted octanol–water partition coefficient (Wildman–Crippen LogP) is 3.98. The molecule has 0 unspecified atom stereocenters. The summed E-state index contributed by atoms with van der Waals surface area (Å²) >= 11 is 0. The number of nitrogen functional groups attached to an aromatic ring is 1. The lowest BCUT2D eigenvalue weighted by molar-refractivity contribution is 0.355. The summed E-state index contributed by atoms with van der Waals surface area (Å²) in [5, 5.41) is 0.648. The Labute approximate surface area is 179 Å². The van der Waals surface area contributed by atoms with Gasteiger partial charge in [-0.05, 0) is 36.4 Å². The summed E-state index contributed by atoms with van der Waals surface area (Å²) in [5.41, 5.74) is 9.85. The molecule has 2 heterocycles. The van der Waals surface area contributed by atoms with Crippen LogP contribution in [0.2, 0.25) is 0 Å². The van der Waals surface area contributed by atoms with Crippen LogP contribution in [0.1, 0.15) is 0 Å². The van der Waals surface area contributed by atoms with Crippen LogP contribution >= 0.6 is 0 Å². The standard InChI is InChI=1S/C23H22N4O4/c1-28-14-6-7-15(19(10-14)30-3)16-11-17(27-23-21(16)22(24)25-12-26-23)13-5-8-18(29-2)20(9-13)31-4/h5-12H,1-4H3,(H2,24,25,26,27). The molecule has 0 atom stereocenters.